The van der Waals surface area contributed by atoms with Gasteiger partial charge in [0.05, 0.1) is 22.1 Å². The van der Waals surface area contributed by atoms with E-state index in [-0.39, 0.29) is 5.69 Å². The zero-order valence-corrected chi connectivity index (χ0v) is 13.1. The standard InChI is InChI=1S/C16H16BrNO3/c17-15-10-9-14(18(19)20)12-16(15)21-11-5-4-8-13-6-2-1-3-7-13/h1-3,6-7,9-10,12H,4-5,8,11H2. The van der Waals surface area contributed by atoms with Crippen molar-refractivity contribution in [2.45, 2.75) is 19.3 Å². The molecular formula is C16H16BrNO3. The molecule has 2 rings (SSSR count). The SMILES string of the molecule is O=[N+]([O-])c1ccc(Br)c(OCCCCc2ccccc2)c1. The molecule has 0 amide bonds. The minimum atomic E-state index is -0.422. The molecule has 2 aromatic carbocycles. The molecule has 0 bridgehead atoms. The monoisotopic (exact) mass is 349 g/mol. The van der Waals surface area contributed by atoms with Crippen LogP contribution in [0, 0.1) is 10.1 Å². The average molecular weight is 350 g/mol. The van der Waals surface area contributed by atoms with Gasteiger partial charge in [-0.1, -0.05) is 30.3 Å². The summed E-state index contributed by atoms with van der Waals surface area (Å²) in [4.78, 5) is 10.3. The van der Waals surface area contributed by atoms with Crippen molar-refractivity contribution in [1.82, 2.24) is 0 Å². The third-order valence-corrected chi connectivity index (χ3v) is 3.74. The maximum absolute atomic E-state index is 10.7. The number of rotatable bonds is 7. The molecule has 0 aliphatic heterocycles. The predicted octanol–water partition coefficient (Wildman–Crippen LogP) is 4.76. The van der Waals surface area contributed by atoms with Gasteiger partial charge in [0.2, 0.25) is 0 Å². The molecule has 0 fully saturated rings. The van der Waals surface area contributed by atoms with E-state index in [2.05, 4.69) is 28.1 Å². The second-order valence-electron chi connectivity index (χ2n) is 4.66. The molecule has 0 aliphatic carbocycles. The number of non-ortho nitro benzene ring substituents is 1. The van der Waals surface area contributed by atoms with Gasteiger partial charge in [0.1, 0.15) is 5.75 Å². The summed E-state index contributed by atoms with van der Waals surface area (Å²) in [7, 11) is 0. The maximum atomic E-state index is 10.7. The van der Waals surface area contributed by atoms with Crippen LogP contribution >= 0.6 is 15.9 Å². The highest BCUT2D eigenvalue weighted by molar-refractivity contribution is 9.10. The van der Waals surface area contributed by atoms with E-state index in [4.69, 9.17) is 4.74 Å². The molecule has 0 radical (unpaired) electrons. The van der Waals surface area contributed by atoms with Crippen molar-refractivity contribution in [3.05, 3.63) is 68.7 Å². The first-order valence-corrected chi connectivity index (χ1v) is 7.57. The van der Waals surface area contributed by atoms with Crippen molar-refractivity contribution in [3.63, 3.8) is 0 Å². The Kier molecular flexibility index (Phi) is 5.75. The zero-order valence-electron chi connectivity index (χ0n) is 11.5. The Hall–Kier alpha value is -1.88. The number of nitro groups is 1. The van der Waals surface area contributed by atoms with Crippen LogP contribution in [0.1, 0.15) is 18.4 Å². The van der Waals surface area contributed by atoms with Crippen LogP contribution in [0.3, 0.4) is 0 Å². The van der Waals surface area contributed by atoms with E-state index in [0.717, 1.165) is 23.7 Å². The van der Waals surface area contributed by atoms with Crippen LogP contribution < -0.4 is 4.74 Å². The summed E-state index contributed by atoms with van der Waals surface area (Å²) in [6, 6.07) is 14.8. The van der Waals surface area contributed by atoms with Crippen LogP contribution in [0.15, 0.2) is 53.0 Å². The first-order chi connectivity index (χ1) is 10.2. The van der Waals surface area contributed by atoms with E-state index < -0.39 is 4.92 Å². The molecule has 0 N–H and O–H groups in total. The smallest absolute Gasteiger partial charge is 0.273 e. The number of hydrogen-bond donors (Lipinski definition) is 0. The van der Waals surface area contributed by atoms with Gasteiger partial charge < -0.3 is 4.74 Å². The average Bonchev–Trinajstić information content (AvgIpc) is 2.49. The van der Waals surface area contributed by atoms with Gasteiger partial charge in [-0.3, -0.25) is 10.1 Å². The van der Waals surface area contributed by atoms with E-state index in [1.165, 1.54) is 17.7 Å². The number of nitro benzene ring substituents is 1. The van der Waals surface area contributed by atoms with E-state index in [9.17, 15) is 10.1 Å². The third kappa shape index (κ3) is 4.86. The number of ether oxygens (including phenoxy) is 1. The van der Waals surface area contributed by atoms with E-state index >= 15 is 0 Å². The fraction of sp³-hybridized carbons (Fsp3) is 0.250. The molecular weight excluding hydrogens is 334 g/mol. The lowest BCUT2D eigenvalue weighted by Gasteiger charge is -2.08. The molecule has 0 unspecified atom stereocenters. The minimum absolute atomic E-state index is 0.0393. The van der Waals surface area contributed by atoms with Crippen molar-refractivity contribution in [2.24, 2.45) is 0 Å². The Morgan fingerprint density at radius 1 is 1.10 bits per heavy atom. The lowest BCUT2D eigenvalue weighted by atomic mass is 10.1. The molecule has 0 aliphatic rings. The van der Waals surface area contributed by atoms with E-state index in [0.29, 0.717) is 12.4 Å². The molecule has 0 atom stereocenters. The summed E-state index contributed by atoms with van der Waals surface area (Å²) in [5.74, 6) is 0.518. The summed E-state index contributed by atoms with van der Waals surface area (Å²) < 4.78 is 6.35. The number of unbranched alkanes of at least 4 members (excludes halogenated alkanes) is 1. The topological polar surface area (TPSA) is 52.4 Å². The molecule has 0 heterocycles. The highest BCUT2D eigenvalue weighted by Gasteiger charge is 2.10. The van der Waals surface area contributed by atoms with Gasteiger partial charge in [-0.05, 0) is 46.8 Å². The van der Waals surface area contributed by atoms with Crippen molar-refractivity contribution >= 4 is 21.6 Å². The fourth-order valence-electron chi connectivity index (χ4n) is 1.97. The second kappa shape index (κ2) is 7.78. The number of benzene rings is 2. The highest BCUT2D eigenvalue weighted by Crippen LogP contribution is 2.29. The van der Waals surface area contributed by atoms with Crippen molar-refractivity contribution in [2.75, 3.05) is 6.61 Å². The van der Waals surface area contributed by atoms with Crippen molar-refractivity contribution in [1.29, 1.82) is 0 Å². The van der Waals surface area contributed by atoms with Crippen LogP contribution in [-0.2, 0) is 6.42 Å². The van der Waals surface area contributed by atoms with Gasteiger partial charge in [0, 0.05) is 6.07 Å². The molecule has 0 saturated heterocycles. The summed E-state index contributed by atoms with van der Waals surface area (Å²) >= 11 is 3.34. The number of nitrogens with zero attached hydrogens (tertiary/aromatic N) is 1. The van der Waals surface area contributed by atoms with E-state index in [1.807, 2.05) is 18.2 Å². The Morgan fingerprint density at radius 3 is 2.57 bits per heavy atom. The molecule has 5 heteroatoms. The van der Waals surface area contributed by atoms with Gasteiger partial charge in [-0.25, -0.2) is 0 Å². The normalized spacial score (nSPS) is 10.3. The van der Waals surface area contributed by atoms with Gasteiger partial charge in [0.25, 0.3) is 5.69 Å². The quantitative estimate of drug-likeness (QED) is 0.411. The van der Waals surface area contributed by atoms with Gasteiger partial charge in [-0.15, -0.1) is 0 Å². The number of halogens is 1. The minimum Gasteiger partial charge on any atom is -0.492 e. The third-order valence-electron chi connectivity index (χ3n) is 3.09. The summed E-state index contributed by atoms with van der Waals surface area (Å²) in [6.45, 7) is 0.548. The molecule has 4 nitrogen and oxygen atoms in total. The first-order valence-electron chi connectivity index (χ1n) is 6.77. The largest absolute Gasteiger partial charge is 0.492 e. The Bertz CT molecular complexity index is 602. The predicted molar refractivity (Wildman–Crippen MR) is 85.7 cm³/mol. The molecule has 0 aromatic heterocycles. The Morgan fingerprint density at radius 2 is 1.86 bits per heavy atom. The van der Waals surface area contributed by atoms with Crippen LogP contribution in [0.5, 0.6) is 5.75 Å². The fourth-order valence-corrected chi connectivity index (χ4v) is 2.34. The lowest BCUT2D eigenvalue weighted by Crippen LogP contribution is -2.00. The van der Waals surface area contributed by atoms with Crippen LogP contribution in [-0.4, -0.2) is 11.5 Å². The van der Waals surface area contributed by atoms with Gasteiger partial charge in [0.15, 0.2) is 0 Å². The zero-order chi connectivity index (χ0) is 15.1. The van der Waals surface area contributed by atoms with Crippen molar-refractivity contribution < 1.29 is 9.66 Å². The highest BCUT2D eigenvalue weighted by atomic mass is 79.9. The molecule has 0 saturated carbocycles. The first kappa shape index (κ1) is 15.5. The van der Waals surface area contributed by atoms with Crippen LogP contribution in [0.25, 0.3) is 0 Å². The molecule has 2 aromatic rings. The Labute approximate surface area is 132 Å². The maximum Gasteiger partial charge on any atom is 0.273 e. The molecule has 0 spiro atoms. The summed E-state index contributed by atoms with van der Waals surface area (Å²) in [5.41, 5.74) is 1.35. The lowest BCUT2D eigenvalue weighted by molar-refractivity contribution is -0.385. The summed E-state index contributed by atoms with van der Waals surface area (Å²) in [6.07, 6.45) is 2.95. The summed E-state index contributed by atoms with van der Waals surface area (Å²) in [5, 5.41) is 10.7. The number of aryl methyl sites for hydroxylation is 1. The van der Waals surface area contributed by atoms with Crippen molar-refractivity contribution in [3.8, 4) is 5.75 Å². The van der Waals surface area contributed by atoms with E-state index in [1.54, 1.807) is 6.07 Å². The van der Waals surface area contributed by atoms with Crippen LogP contribution in [0.4, 0.5) is 5.69 Å². The van der Waals surface area contributed by atoms with Gasteiger partial charge >= 0.3 is 0 Å². The van der Waals surface area contributed by atoms with Gasteiger partial charge in [-0.2, -0.15) is 0 Å². The number of hydrogen-bond acceptors (Lipinski definition) is 3. The molecule has 110 valence electrons. The second-order valence-corrected chi connectivity index (χ2v) is 5.52. The molecule has 21 heavy (non-hydrogen) atoms. The Balaban J connectivity index is 1.78. The van der Waals surface area contributed by atoms with Crippen LogP contribution in [0.2, 0.25) is 0 Å².